The van der Waals surface area contributed by atoms with E-state index in [9.17, 15) is 4.39 Å². The Kier molecular flexibility index (Phi) is 2.89. The number of benzene rings is 1. The quantitative estimate of drug-likeness (QED) is 0.687. The van der Waals surface area contributed by atoms with E-state index >= 15 is 0 Å². The lowest BCUT2D eigenvalue weighted by Gasteiger charge is -2.02. The van der Waals surface area contributed by atoms with Crippen LogP contribution in [0.15, 0.2) is 30.3 Å². The standard InChI is InChI=1S/C11H5Cl2FN/c12-10-5-8(6-11(13)15-10)7-2-1-3-9(14)4-7/h1,3-6H. The van der Waals surface area contributed by atoms with Gasteiger partial charge < -0.3 is 0 Å². The lowest BCUT2D eigenvalue weighted by Crippen LogP contribution is -1.83. The van der Waals surface area contributed by atoms with Crippen molar-refractivity contribution in [1.82, 2.24) is 4.98 Å². The highest BCUT2D eigenvalue weighted by Gasteiger charge is 2.03. The van der Waals surface area contributed by atoms with Gasteiger partial charge >= 0.3 is 0 Å². The van der Waals surface area contributed by atoms with Crippen molar-refractivity contribution >= 4 is 23.2 Å². The molecule has 0 spiro atoms. The second-order valence-electron chi connectivity index (χ2n) is 2.92. The number of hydrogen-bond donors (Lipinski definition) is 0. The molecule has 1 radical (unpaired) electrons. The lowest BCUT2D eigenvalue weighted by atomic mass is 10.1. The van der Waals surface area contributed by atoms with E-state index in [0.29, 0.717) is 11.1 Å². The minimum atomic E-state index is -0.326. The van der Waals surface area contributed by atoms with Gasteiger partial charge in [0, 0.05) is 0 Å². The van der Waals surface area contributed by atoms with Crippen LogP contribution in [0.25, 0.3) is 11.1 Å². The Bertz CT molecular complexity index is 479. The first-order chi connectivity index (χ1) is 7.15. The monoisotopic (exact) mass is 240 g/mol. The average molecular weight is 241 g/mol. The zero-order valence-electron chi connectivity index (χ0n) is 7.47. The van der Waals surface area contributed by atoms with Crippen molar-refractivity contribution in [3.63, 3.8) is 0 Å². The van der Waals surface area contributed by atoms with Crippen LogP contribution in [-0.4, -0.2) is 4.98 Å². The summed E-state index contributed by atoms with van der Waals surface area (Å²) in [7, 11) is 0. The summed E-state index contributed by atoms with van der Waals surface area (Å²) < 4.78 is 13.0. The van der Waals surface area contributed by atoms with Gasteiger partial charge in [0.2, 0.25) is 0 Å². The SMILES string of the molecule is Fc1cc[c]c(-c2cc(Cl)nc(Cl)c2)c1. The first-order valence-corrected chi connectivity index (χ1v) is 4.91. The molecule has 0 aliphatic heterocycles. The highest BCUT2D eigenvalue weighted by atomic mass is 35.5. The summed E-state index contributed by atoms with van der Waals surface area (Å²) >= 11 is 11.5. The summed E-state index contributed by atoms with van der Waals surface area (Å²) in [5.41, 5.74) is 1.29. The first kappa shape index (κ1) is 10.4. The summed E-state index contributed by atoms with van der Waals surface area (Å²) in [5, 5.41) is 0.547. The van der Waals surface area contributed by atoms with Gasteiger partial charge in [0.15, 0.2) is 0 Å². The molecule has 0 unspecified atom stereocenters. The molecule has 15 heavy (non-hydrogen) atoms. The van der Waals surface area contributed by atoms with Crippen molar-refractivity contribution < 1.29 is 4.39 Å². The van der Waals surface area contributed by atoms with Crippen LogP contribution in [0.4, 0.5) is 4.39 Å². The molecule has 2 rings (SSSR count). The normalized spacial score (nSPS) is 10.3. The van der Waals surface area contributed by atoms with E-state index in [-0.39, 0.29) is 16.1 Å². The Labute approximate surface area is 96.5 Å². The van der Waals surface area contributed by atoms with Crippen molar-refractivity contribution in [2.24, 2.45) is 0 Å². The van der Waals surface area contributed by atoms with Gasteiger partial charge in [-0.25, -0.2) is 9.37 Å². The van der Waals surface area contributed by atoms with E-state index in [1.54, 1.807) is 12.1 Å². The zero-order valence-corrected chi connectivity index (χ0v) is 8.98. The molecule has 0 aliphatic rings. The molecule has 1 aromatic heterocycles. The molecular weight excluding hydrogens is 236 g/mol. The van der Waals surface area contributed by atoms with Crippen LogP contribution in [0.5, 0.6) is 0 Å². The molecule has 75 valence electrons. The van der Waals surface area contributed by atoms with Crippen LogP contribution in [0.1, 0.15) is 0 Å². The largest absolute Gasteiger partial charge is 0.224 e. The summed E-state index contributed by atoms with van der Waals surface area (Å²) in [4.78, 5) is 3.81. The molecular formula is C11H5Cl2FN. The van der Waals surface area contributed by atoms with E-state index in [1.807, 2.05) is 0 Å². The minimum absolute atomic E-state index is 0.273. The van der Waals surface area contributed by atoms with Crippen LogP contribution in [0.3, 0.4) is 0 Å². The van der Waals surface area contributed by atoms with E-state index in [2.05, 4.69) is 11.1 Å². The highest BCUT2D eigenvalue weighted by Crippen LogP contribution is 2.24. The Hall–Kier alpha value is -1.12. The van der Waals surface area contributed by atoms with Crippen LogP contribution in [0, 0.1) is 11.9 Å². The van der Waals surface area contributed by atoms with Gasteiger partial charge in [-0.3, -0.25) is 0 Å². The number of hydrogen-bond acceptors (Lipinski definition) is 1. The third kappa shape index (κ3) is 2.46. The Morgan fingerprint density at radius 1 is 1.13 bits per heavy atom. The Morgan fingerprint density at radius 3 is 2.40 bits per heavy atom. The van der Waals surface area contributed by atoms with E-state index < -0.39 is 0 Å². The summed E-state index contributed by atoms with van der Waals surface area (Å²) in [6, 6.07) is 10.3. The fourth-order valence-electron chi connectivity index (χ4n) is 1.23. The van der Waals surface area contributed by atoms with Crippen molar-refractivity contribution in [1.29, 1.82) is 0 Å². The predicted molar refractivity (Wildman–Crippen MR) is 58.5 cm³/mol. The topological polar surface area (TPSA) is 12.9 Å². The number of rotatable bonds is 1. The number of pyridine rings is 1. The van der Waals surface area contributed by atoms with Crippen molar-refractivity contribution in [2.45, 2.75) is 0 Å². The molecule has 1 nitrogen and oxygen atoms in total. The van der Waals surface area contributed by atoms with Crippen LogP contribution >= 0.6 is 23.2 Å². The number of halogens is 3. The van der Waals surface area contributed by atoms with Crippen LogP contribution < -0.4 is 0 Å². The lowest BCUT2D eigenvalue weighted by molar-refractivity contribution is 0.628. The maximum absolute atomic E-state index is 13.0. The first-order valence-electron chi connectivity index (χ1n) is 4.16. The highest BCUT2D eigenvalue weighted by molar-refractivity contribution is 6.32. The summed E-state index contributed by atoms with van der Waals surface area (Å²) in [6.07, 6.45) is 0. The number of nitrogens with zero attached hydrogens (tertiary/aromatic N) is 1. The van der Waals surface area contributed by atoms with Gasteiger partial charge in [-0.15, -0.1) is 0 Å². The molecule has 0 N–H and O–H groups in total. The predicted octanol–water partition coefficient (Wildman–Crippen LogP) is 3.99. The molecule has 1 heterocycles. The summed E-state index contributed by atoms with van der Waals surface area (Å²) in [6.45, 7) is 0. The second kappa shape index (κ2) is 4.17. The molecule has 2 aromatic rings. The smallest absolute Gasteiger partial charge is 0.131 e. The molecule has 0 saturated heterocycles. The van der Waals surface area contributed by atoms with Crippen molar-refractivity contribution in [2.75, 3.05) is 0 Å². The van der Waals surface area contributed by atoms with Gasteiger partial charge in [-0.05, 0) is 41.5 Å². The zero-order chi connectivity index (χ0) is 10.8. The van der Waals surface area contributed by atoms with E-state index in [0.717, 1.165) is 0 Å². The molecule has 0 saturated carbocycles. The molecule has 0 aliphatic carbocycles. The molecule has 0 bridgehead atoms. The van der Waals surface area contributed by atoms with E-state index in [1.165, 1.54) is 18.2 Å². The van der Waals surface area contributed by atoms with Crippen molar-refractivity contribution in [3.8, 4) is 11.1 Å². The maximum atomic E-state index is 13.0. The molecule has 0 atom stereocenters. The number of aromatic nitrogens is 1. The summed E-state index contributed by atoms with van der Waals surface area (Å²) in [5.74, 6) is -0.326. The minimum Gasteiger partial charge on any atom is -0.224 e. The fourth-order valence-corrected chi connectivity index (χ4v) is 1.69. The molecule has 1 aromatic carbocycles. The van der Waals surface area contributed by atoms with Gasteiger partial charge in [0.1, 0.15) is 16.1 Å². The van der Waals surface area contributed by atoms with Gasteiger partial charge in [0.05, 0.1) is 0 Å². The van der Waals surface area contributed by atoms with Gasteiger partial charge in [-0.1, -0.05) is 29.3 Å². The molecule has 4 heteroatoms. The van der Waals surface area contributed by atoms with Gasteiger partial charge in [0.25, 0.3) is 0 Å². The molecule has 0 amide bonds. The third-order valence-electron chi connectivity index (χ3n) is 1.84. The third-order valence-corrected chi connectivity index (χ3v) is 2.22. The van der Waals surface area contributed by atoms with Crippen LogP contribution in [-0.2, 0) is 0 Å². The van der Waals surface area contributed by atoms with E-state index in [4.69, 9.17) is 23.2 Å². The Balaban J connectivity index is 2.54. The second-order valence-corrected chi connectivity index (χ2v) is 3.70. The Morgan fingerprint density at radius 2 is 1.80 bits per heavy atom. The van der Waals surface area contributed by atoms with Gasteiger partial charge in [-0.2, -0.15) is 0 Å². The van der Waals surface area contributed by atoms with Crippen LogP contribution in [0.2, 0.25) is 10.3 Å². The van der Waals surface area contributed by atoms with Crippen molar-refractivity contribution in [3.05, 3.63) is 52.5 Å². The molecule has 0 fully saturated rings. The average Bonchev–Trinajstić information content (AvgIpc) is 2.16. The maximum Gasteiger partial charge on any atom is 0.131 e. The fraction of sp³-hybridized carbons (Fsp3) is 0.